The molecule has 0 saturated heterocycles. The number of nitro groups is 1. The number of aromatic nitrogens is 3. The van der Waals surface area contributed by atoms with Crippen molar-refractivity contribution >= 4 is 32.9 Å². The summed E-state index contributed by atoms with van der Waals surface area (Å²) in [5.41, 5.74) is 2.32. The van der Waals surface area contributed by atoms with Gasteiger partial charge in [0.05, 0.1) is 21.7 Å². The van der Waals surface area contributed by atoms with Gasteiger partial charge < -0.3 is 9.84 Å². The Morgan fingerprint density at radius 1 is 1.50 bits per heavy atom. The molecular weight excluding hydrogens is 282 g/mol. The average Bonchev–Trinajstić information content (AvgIpc) is 3.03. The summed E-state index contributed by atoms with van der Waals surface area (Å²) in [5.74, 6) is 0.890. The summed E-state index contributed by atoms with van der Waals surface area (Å²) < 4.78 is 5.62. The maximum atomic E-state index is 11.2. The second kappa shape index (κ2) is 4.85. The third-order valence-corrected chi connectivity index (χ3v) is 3.46. The summed E-state index contributed by atoms with van der Waals surface area (Å²) in [5, 5.41) is 17.9. The van der Waals surface area contributed by atoms with E-state index in [1.807, 2.05) is 0 Å². The van der Waals surface area contributed by atoms with Crippen molar-refractivity contribution in [1.82, 2.24) is 15.1 Å². The zero-order valence-electron chi connectivity index (χ0n) is 10.4. The first-order valence-electron chi connectivity index (χ1n) is 5.69. The van der Waals surface area contributed by atoms with Crippen molar-refractivity contribution in [3.8, 4) is 0 Å². The molecule has 2 heterocycles. The Morgan fingerprint density at radius 2 is 2.35 bits per heavy atom. The second-order valence-electron chi connectivity index (χ2n) is 4.00. The van der Waals surface area contributed by atoms with Crippen molar-refractivity contribution in [2.45, 2.75) is 13.5 Å². The number of fused-ring (bicyclic) bond motifs is 1. The molecule has 0 saturated carbocycles. The van der Waals surface area contributed by atoms with Crippen LogP contribution in [0.5, 0.6) is 0 Å². The Hall–Kier alpha value is -2.55. The summed E-state index contributed by atoms with van der Waals surface area (Å²) >= 11 is 1.36. The van der Waals surface area contributed by atoms with Gasteiger partial charge in [-0.3, -0.25) is 10.1 Å². The highest BCUT2D eigenvalue weighted by Crippen LogP contribution is 2.34. The van der Waals surface area contributed by atoms with Crippen LogP contribution >= 0.6 is 11.3 Å². The van der Waals surface area contributed by atoms with Crippen molar-refractivity contribution in [2.75, 3.05) is 5.32 Å². The molecule has 0 radical (unpaired) electrons. The highest BCUT2D eigenvalue weighted by atomic mass is 32.1. The van der Waals surface area contributed by atoms with Crippen molar-refractivity contribution in [3.05, 3.63) is 39.5 Å². The van der Waals surface area contributed by atoms with Gasteiger partial charge in [0.2, 0.25) is 5.89 Å². The Kier molecular flexibility index (Phi) is 3.03. The van der Waals surface area contributed by atoms with E-state index in [9.17, 15) is 10.1 Å². The normalized spacial score (nSPS) is 10.8. The maximum Gasteiger partial charge on any atom is 0.319 e. The Labute approximate surface area is 116 Å². The molecule has 3 aromatic rings. The van der Waals surface area contributed by atoms with Gasteiger partial charge in [-0.15, -0.1) is 11.3 Å². The summed E-state index contributed by atoms with van der Waals surface area (Å²) in [6.07, 6.45) is 0. The maximum absolute atomic E-state index is 11.2. The molecule has 0 fully saturated rings. The zero-order valence-corrected chi connectivity index (χ0v) is 11.2. The molecule has 0 spiro atoms. The predicted octanol–water partition coefficient (Wildman–Crippen LogP) is 2.51. The highest BCUT2D eigenvalue weighted by molar-refractivity contribution is 7.16. The van der Waals surface area contributed by atoms with E-state index in [2.05, 4.69) is 20.4 Å². The number of nitro benzene ring substituents is 1. The Bertz CT molecular complexity index is 781. The van der Waals surface area contributed by atoms with E-state index in [0.29, 0.717) is 22.9 Å². The SMILES string of the molecule is Cc1nc(CNc2ccc3scnc3c2[N+](=O)[O-])no1. The Balaban J connectivity index is 1.94. The van der Waals surface area contributed by atoms with Gasteiger partial charge in [-0.05, 0) is 12.1 Å². The number of rotatable bonds is 4. The predicted molar refractivity (Wildman–Crippen MR) is 72.6 cm³/mol. The van der Waals surface area contributed by atoms with Gasteiger partial charge in [0, 0.05) is 6.92 Å². The van der Waals surface area contributed by atoms with Crippen molar-refractivity contribution in [2.24, 2.45) is 0 Å². The molecular formula is C11H9N5O3S. The molecule has 0 aliphatic carbocycles. The number of nitrogens with zero attached hydrogens (tertiary/aromatic N) is 4. The van der Waals surface area contributed by atoms with Gasteiger partial charge in [0.1, 0.15) is 5.69 Å². The first kappa shape index (κ1) is 12.5. The molecule has 0 aliphatic rings. The average molecular weight is 291 g/mol. The third kappa shape index (κ3) is 2.18. The quantitative estimate of drug-likeness (QED) is 0.581. The van der Waals surface area contributed by atoms with Gasteiger partial charge in [0.15, 0.2) is 11.3 Å². The number of anilines is 1. The molecule has 1 N–H and O–H groups in total. The van der Waals surface area contributed by atoms with Crippen molar-refractivity contribution in [1.29, 1.82) is 0 Å². The summed E-state index contributed by atoms with van der Waals surface area (Å²) in [6.45, 7) is 1.92. The molecule has 9 heteroatoms. The minimum absolute atomic E-state index is 0.0380. The van der Waals surface area contributed by atoms with Crippen LogP contribution in [-0.2, 0) is 6.54 Å². The molecule has 0 atom stereocenters. The van der Waals surface area contributed by atoms with Crippen molar-refractivity contribution < 1.29 is 9.45 Å². The lowest BCUT2D eigenvalue weighted by Crippen LogP contribution is -2.04. The highest BCUT2D eigenvalue weighted by Gasteiger charge is 2.20. The van der Waals surface area contributed by atoms with E-state index in [-0.39, 0.29) is 12.2 Å². The van der Waals surface area contributed by atoms with E-state index in [1.165, 1.54) is 11.3 Å². The van der Waals surface area contributed by atoms with E-state index < -0.39 is 4.92 Å². The fourth-order valence-corrected chi connectivity index (χ4v) is 2.51. The number of thiazole rings is 1. The van der Waals surface area contributed by atoms with Crippen LogP contribution in [0.2, 0.25) is 0 Å². The van der Waals surface area contributed by atoms with E-state index in [4.69, 9.17) is 4.52 Å². The number of aryl methyl sites for hydroxylation is 1. The first-order chi connectivity index (χ1) is 9.65. The second-order valence-corrected chi connectivity index (χ2v) is 4.89. The lowest BCUT2D eigenvalue weighted by molar-refractivity contribution is -0.382. The number of hydrogen-bond acceptors (Lipinski definition) is 8. The molecule has 0 amide bonds. The van der Waals surface area contributed by atoms with E-state index in [0.717, 1.165) is 4.70 Å². The van der Waals surface area contributed by atoms with Gasteiger partial charge in [-0.25, -0.2) is 4.98 Å². The van der Waals surface area contributed by atoms with Crippen LogP contribution in [0.4, 0.5) is 11.4 Å². The molecule has 1 aromatic carbocycles. The van der Waals surface area contributed by atoms with Crippen LogP contribution in [0.3, 0.4) is 0 Å². The summed E-state index contributed by atoms with van der Waals surface area (Å²) in [6, 6.07) is 3.45. The third-order valence-electron chi connectivity index (χ3n) is 2.66. The molecule has 2 aromatic heterocycles. The van der Waals surface area contributed by atoms with Crippen LogP contribution < -0.4 is 5.32 Å². The monoisotopic (exact) mass is 291 g/mol. The lowest BCUT2D eigenvalue weighted by Gasteiger charge is -2.04. The van der Waals surface area contributed by atoms with Gasteiger partial charge in [0.25, 0.3) is 0 Å². The fourth-order valence-electron chi connectivity index (χ4n) is 1.83. The van der Waals surface area contributed by atoms with Crippen LogP contribution in [0, 0.1) is 17.0 Å². The topological polar surface area (TPSA) is 107 Å². The van der Waals surface area contributed by atoms with Crippen LogP contribution in [0.15, 0.2) is 22.2 Å². The summed E-state index contributed by atoms with van der Waals surface area (Å²) in [7, 11) is 0. The summed E-state index contributed by atoms with van der Waals surface area (Å²) in [4.78, 5) is 18.9. The minimum atomic E-state index is -0.439. The first-order valence-corrected chi connectivity index (χ1v) is 6.57. The van der Waals surface area contributed by atoms with Crippen LogP contribution in [0.25, 0.3) is 10.2 Å². The molecule has 0 aliphatic heterocycles. The minimum Gasteiger partial charge on any atom is -0.372 e. The molecule has 20 heavy (non-hydrogen) atoms. The number of hydrogen-bond donors (Lipinski definition) is 1. The molecule has 0 bridgehead atoms. The van der Waals surface area contributed by atoms with E-state index >= 15 is 0 Å². The van der Waals surface area contributed by atoms with Gasteiger partial charge >= 0.3 is 5.69 Å². The molecule has 8 nitrogen and oxygen atoms in total. The standard InChI is InChI=1S/C11H9N5O3S/c1-6-14-9(15-19-6)4-12-7-2-3-8-10(13-5-20-8)11(7)16(17)18/h2-3,5,12H,4H2,1H3. The number of benzene rings is 1. The van der Waals surface area contributed by atoms with Crippen LogP contribution in [-0.4, -0.2) is 20.0 Å². The zero-order chi connectivity index (χ0) is 14.1. The fraction of sp³-hybridized carbons (Fsp3) is 0.182. The van der Waals surface area contributed by atoms with Crippen molar-refractivity contribution in [3.63, 3.8) is 0 Å². The smallest absolute Gasteiger partial charge is 0.319 e. The lowest BCUT2D eigenvalue weighted by atomic mass is 10.2. The largest absolute Gasteiger partial charge is 0.372 e. The van der Waals surface area contributed by atoms with Gasteiger partial charge in [-0.1, -0.05) is 5.16 Å². The molecule has 102 valence electrons. The number of nitrogens with one attached hydrogen (secondary N) is 1. The Morgan fingerprint density at radius 3 is 3.05 bits per heavy atom. The van der Waals surface area contributed by atoms with Gasteiger partial charge in [-0.2, -0.15) is 4.98 Å². The molecule has 0 unspecified atom stereocenters. The van der Waals surface area contributed by atoms with E-state index in [1.54, 1.807) is 24.6 Å². The van der Waals surface area contributed by atoms with Crippen LogP contribution in [0.1, 0.15) is 11.7 Å². The molecule has 3 rings (SSSR count).